The van der Waals surface area contributed by atoms with Crippen molar-refractivity contribution in [3.63, 3.8) is 0 Å². The van der Waals surface area contributed by atoms with Crippen LogP contribution in [0.2, 0.25) is 0 Å². The van der Waals surface area contributed by atoms with E-state index in [2.05, 4.69) is 211 Å². The number of aromatic nitrogens is 1. The van der Waals surface area contributed by atoms with E-state index >= 15 is 0 Å². The summed E-state index contributed by atoms with van der Waals surface area (Å²) in [5.74, 6) is 0. The highest BCUT2D eigenvalue weighted by atomic mass is 32.1. The highest BCUT2D eigenvalue weighted by molar-refractivity contribution is 7.28. The number of benzene rings is 9. The average Bonchev–Trinajstić information content (AvgIpc) is 3.89. The molecular weight excluding hydrogens is 729 g/mol. The third-order valence-corrected chi connectivity index (χ3v) is 13.2. The molecule has 0 unspecified atom stereocenters. The van der Waals surface area contributed by atoms with Crippen molar-refractivity contribution >= 4 is 80.9 Å². The van der Waals surface area contributed by atoms with E-state index in [0.29, 0.717) is 0 Å². The Bertz CT molecular complexity index is 3200. The van der Waals surface area contributed by atoms with Gasteiger partial charge in [0.25, 0.3) is 0 Å². The molecule has 0 saturated carbocycles. The van der Waals surface area contributed by atoms with Crippen molar-refractivity contribution in [2.75, 3.05) is 4.90 Å². The van der Waals surface area contributed by atoms with Crippen LogP contribution in [0, 0.1) is 0 Å². The van der Waals surface area contributed by atoms with E-state index < -0.39 is 0 Å². The van der Waals surface area contributed by atoms with E-state index in [0.717, 1.165) is 33.1 Å². The van der Waals surface area contributed by atoms with Gasteiger partial charge < -0.3 is 4.90 Å². The van der Waals surface area contributed by atoms with E-state index in [1.54, 1.807) is 11.3 Å². The lowest BCUT2D eigenvalue weighted by Gasteiger charge is -2.26. The summed E-state index contributed by atoms with van der Waals surface area (Å²) in [5.41, 5.74) is 12.8. The average molecular weight is 763 g/mol. The first-order valence-electron chi connectivity index (χ1n) is 19.2. The highest BCUT2D eigenvalue weighted by Gasteiger charge is 2.17. The zero-order chi connectivity index (χ0) is 37.7. The van der Waals surface area contributed by atoms with Gasteiger partial charge in [-0.15, -0.1) is 22.7 Å². The lowest BCUT2D eigenvalue weighted by atomic mass is 10.0. The van der Waals surface area contributed by atoms with Gasteiger partial charge in [0.05, 0.1) is 10.2 Å². The van der Waals surface area contributed by atoms with E-state index in [9.17, 15) is 0 Å². The van der Waals surface area contributed by atoms with Crippen LogP contribution in [0.25, 0.3) is 85.1 Å². The number of nitrogens with zero attached hydrogens (tertiary/aromatic N) is 2. The van der Waals surface area contributed by atoms with E-state index in [4.69, 9.17) is 4.98 Å². The van der Waals surface area contributed by atoms with Crippen LogP contribution in [0.3, 0.4) is 0 Å². The maximum absolute atomic E-state index is 5.13. The third-order valence-electron chi connectivity index (χ3n) is 10.9. The number of fused-ring (bicyclic) bond motifs is 6. The summed E-state index contributed by atoms with van der Waals surface area (Å²) in [6.07, 6.45) is 0. The van der Waals surface area contributed by atoms with Gasteiger partial charge in [-0.05, 0) is 105 Å². The minimum atomic E-state index is 1.05. The second-order valence-corrected chi connectivity index (χ2v) is 16.5. The van der Waals surface area contributed by atoms with E-state index in [1.807, 2.05) is 11.3 Å². The molecule has 0 aliphatic heterocycles. The Morgan fingerprint density at radius 3 is 1.53 bits per heavy atom. The molecule has 2 heterocycles. The van der Waals surface area contributed by atoms with Gasteiger partial charge in [-0.1, -0.05) is 146 Å². The molecule has 11 rings (SSSR count). The molecule has 2 nitrogen and oxygen atoms in total. The number of anilines is 3. The number of hydrogen-bond acceptors (Lipinski definition) is 4. The molecule has 0 spiro atoms. The molecule has 0 amide bonds. The molecule has 0 saturated heterocycles. The summed E-state index contributed by atoms with van der Waals surface area (Å²) in [6, 6.07) is 74.5. The summed E-state index contributed by atoms with van der Waals surface area (Å²) in [6.45, 7) is 0. The van der Waals surface area contributed by atoms with Crippen molar-refractivity contribution in [3.8, 4) is 44.0 Å². The molecule has 9 aromatic carbocycles. The first kappa shape index (κ1) is 33.5. The van der Waals surface area contributed by atoms with Gasteiger partial charge in [0.2, 0.25) is 0 Å². The fourth-order valence-corrected chi connectivity index (χ4v) is 10.3. The van der Waals surface area contributed by atoms with Crippen molar-refractivity contribution in [3.05, 3.63) is 206 Å². The Morgan fingerprint density at radius 1 is 0.351 bits per heavy atom. The maximum Gasteiger partial charge on any atom is 0.124 e. The smallest absolute Gasteiger partial charge is 0.124 e. The normalized spacial score (nSPS) is 11.5. The topological polar surface area (TPSA) is 16.1 Å². The standard InChI is InChI=1S/C53H34N2S2/c1-3-9-35(10-4-1)38-15-17-41(18-16-38)53-54-48-30-32-50-51(52(48)57-53)47-34-43(24-31-49(47)56-50)40-21-27-45(28-22-40)55(46-29-23-37-13-7-8-14-42(37)33-46)44-25-19-39(20-26-44)36-11-5-2-6-12-36/h1-34H. The predicted molar refractivity (Wildman–Crippen MR) is 246 cm³/mol. The van der Waals surface area contributed by atoms with Crippen LogP contribution < -0.4 is 4.90 Å². The Balaban J connectivity index is 0.955. The Labute approximate surface area is 339 Å². The predicted octanol–water partition coefficient (Wildman–Crippen LogP) is 16.0. The summed E-state index contributed by atoms with van der Waals surface area (Å²) < 4.78 is 3.84. The zero-order valence-electron chi connectivity index (χ0n) is 30.8. The van der Waals surface area contributed by atoms with Crippen LogP contribution in [0.15, 0.2) is 206 Å². The van der Waals surface area contributed by atoms with Crippen molar-refractivity contribution < 1.29 is 0 Å². The van der Waals surface area contributed by atoms with Crippen LogP contribution in [-0.4, -0.2) is 4.98 Å². The molecule has 11 aromatic rings. The highest BCUT2D eigenvalue weighted by Crippen LogP contribution is 2.44. The molecule has 0 atom stereocenters. The monoisotopic (exact) mass is 762 g/mol. The minimum Gasteiger partial charge on any atom is -0.310 e. The van der Waals surface area contributed by atoms with Gasteiger partial charge in [-0.3, -0.25) is 0 Å². The van der Waals surface area contributed by atoms with Crippen molar-refractivity contribution in [1.29, 1.82) is 0 Å². The van der Waals surface area contributed by atoms with Crippen LogP contribution in [-0.2, 0) is 0 Å². The van der Waals surface area contributed by atoms with Crippen LogP contribution in [0.1, 0.15) is 0 Å². The van der Waals surface area contributed by atoms with Crippen molar-refractivity contribution in [1.82, 2.24) is 4.98 Å². The lowest BCUT2D eigenvalue weighted by Crippen LogP contribution is -2.09. The number of thiophene rings is 1. The van der Waals surface area contributed by atoms with Crippen molar-refractivity contribution in [2.24, 2.45) is 0 Å². The maximum atomic E-state index is 5.13. The number of thiazole rings is 1. The molecule has 4 heteroatoms. The first-order valence-corrected chi connectivity index (χ1v) is 20.8. The largest absolute Gasteiger partial charge is 0.310 e. The molecule has 0 radical (unpaired) electrons. The quantitative estimate of drug-likeness (QED) is 0.161. The molecule has 0 fully saturated rings. The summed E-state index contributed by atoms with van der Waals surface area (Å²) in [7, 11) is 0. The van der Waals surface area contributed by atoms with Gasteiger partial charge >= 0.3 is 0 Å². The SMILES string of the molecule is c1ccc(-c2ccc(-c3nc4ccc5sc6ccc(-c7ccc(N(c8ccc(-c9ccccc9)cc8)c8ccc9ccccc9c8)cc7)cc6c5c4s3)cc2)cc1. The Kier molecular flexibility index (Phi) is 8.24. The molecule has 268 valence electrons. The van der Waals surface area contributed by atoms with E-state index in [-0.39, 0.29) is 0 Å². The van der Waals surface area contributed by atoms with Crippen molar-refractivity contribution in [2.45, 2.75) is 0 Å². The molecule has 0 bridgehead atoms. The summed E-state index contributed by atoms with van der Waals surface area (Å²) in [5, 5.41) is 6.09. The second-order valence-electron chi connectivity index (χ2n) is 14.4. The van der Waals surface area contributed by atoms with Crippen LogP contribution in [0.4, 0.5) is 17.1 Å². The van der Waals surface area contributed by atoms with Gasteiger partial charge in [-0.2, -0.15) is 0 Å². The fourth-order valence-electron chi connectivity index (χ4n) is 7.99. The Morgan fingerprint density at radius 2 is 0.860 bits per heavy atom. The van der Waals surface area contributed by atoms with Crippen LogP contribution in [0.5, 0.6) is 0 Å². The van der Waals surface area contributed by atoms with E-state index in [1.165, 1.54) is 69.0 Å². The summed E-state index contributed by atoms with van der Waals surface area (Å²) >= 11 is 3.65. The van der Waals surface area contributed by atoms with Gasteiger partial charge in [-0.25, -0.2) is 4.98 Å². The fraction of sp³-hybridized carbons (Fsp3) is 0. The molecule has 2 aromatic heterocycles. The summed E-state index contributed by atoms with van der Waals surface area (Å²) in [4.78, 5) is 7.49. The van der Waals surface area contributed by atoms with Gasteiger partial charge in [0, 0.05) is 42.8 Å². The lowest BCUT2D eigenvalue weighted by molar-refractivity contribution is 1.29. The Hall–Kier alpha value is -6.85. The zero-order valence-corrected chi connectivity index (χ0v) is 32.5. The number of rotatable bonds is 7. The molecule has 0 aliphatic carbocycles. The number of hydrogen-bond donors (Lipinski definition) is 0. The first-order chi connectivity index (χ1) is 28.2. The van der Waals surface area contributed by atoms with Gasteiger partial charge in [0.1, 0.15) is 5.01 Å². The molecular formula is C53H34N2S2. The second kappa shape index (κ2) is 14.0. The molecule has 57 heavy (non-hydrogen) atoms. The third kappa shape index (κ3) is 6.16. The van der Waals surface area contributed by atoms with Crippen LogP contribution >= 0.6 is 22.7 Å². The minimum absolute atomic E-state index is 1.05. The molecule has 0 aliphatic rings. The molecule has 0 N–H and O–H groups in total. The van der Waals surface area contributed by atoms with Gasteiger partial charge in [0.15, 0.2) is 0 Å².